The van der Waals surface area contributed by atoms with Crippen LogP contribution in [0.2, 0.25) is 0 Å². The van der Waals surface area contributed by atoms with Crippen molar-refractivity contribution in [1.29, 1.82) is 0 Å². The molecule has 5 nitrogen and oxygen atoms in total. The Labute approximate surface area is 125 Å². The van der Waals surface area contributed by atoms with Crippen LogP contribution in [-0.4, -0.2) is 43.0 Å². The Kier molecular flexibility index (Phi) is 5.20. The van der Waals surface area contributed by atoms with Crippen molar-refractivity contribution in [3.8, 4) is 5.75 Å². The van der Waals surface area contributed by atoms with Crippen LogP contribution in [0.4, 0.5) is 0 Å². The Hall–Kier alpha value is -1.59. The van der Waals surface area contributed by atoms with Crippen molar-refractivity contribution in [2.24, 2.45) is 0 Å². The van der Waals surface area contributed by atoms with Crippen molar-refractivity contribution in [3.05, 3.63) is 29.3 Å². The van der Waals surface area contributed by atoms with Gasteiger partial charge in [-0.1, -0.05) is 12.1 Å². The summed E-state index contributed by atoms with van der Waals surface area (Å²) >= 11 is 0. The Morgan fingerprint density at radius 2 is 2.10 bits per heavy atom. The summed E-state index contributed by atoms with van der Waals surface area (Å²) in [6.07, 6.45) is 1.09. The quantitative estimate of drug-likeness (QED) is 0.859. The van der Waals surface area contributed by atoms with Crippen LogP contribution in [0.15, 0.2) is 18.2 Å². The van der Waals surface area contributed by atoms with Gasteiger partial charge in [-0.15, -0.1) is 0 Å². The zero-order valence-electron chi connectivity index (χ0n) is 12.6. The Balaban J connectivity index is 1.78. The van der Waals surface area contributed by atoms with Gasteiger partial charge in [0.15, 0.2) is 6.61 Å². The van der Waals surface area contributed by atoms with Gasteiger partial charge in [0.05, 0.1) is 5.60 Å². The molecule has 0 atom stereocenters. The van der Waals surface area contributed by atoms with E-state index >= 15 is 0 Å². The number of hydrogen-bond acceptors (Lipinski definition) is 4. The molecule has 116 valence electrons. The number of carbonyl (C=O) groups excluding carboxylic acids is 1. The molecule has 1 aliphatic heterocycles. The second kappa shape index (κ2) is 6.91. The molecular formula is C16H23NO4. The number of amides is 1. The second-order valence-corrected chi connectivity index (χ2v) is 5.60. The van der Waals surface area contributed by atoms with E-state index in [1.807, 2.05) is 32.0 Å². The Morgan fingerprint density at radius 1 is 1.38 bits per heavy atom. The van der Waals surface area contributed by atoms with Gasteiger partial charge in [0.25, 0.3) is 5.91 Å². The average Bonchev–Trinajstić information content (AvgIpc) is 2.47. The molecule has 0 saturated carbocycles. The maximum absolute atomic E-state index is 11.8. The predicted octanol–water partition coefficient (Wildman–Crippen LogP) is 1.34. The van der Waals surface area contributed by atoms with Crippen molar-refractivity contribution in [3.63, 3.8) is 0 Å². The zero-order valence-corrected chi connectivity index (χ0v) is 12.6. The minimum absolute atomic E-state index is 0.0448. The van der Waals surface area contributed by atoms with Crippen molar-refractivity contribution < 1.29 is 19.4 Å². The molecule has 0 bridgehead atoms. The minimum atomic E-state index is -0.854. The number of aryl methyl sites for hydroxylation is 1. The third-order valence-electron chi connectivity index (χ3n) is 3.95. The number of carbonyl (C=O) groups is 1. The molecule has 1 heterocycles. The number of rotatable bonds is 5. The first kappa shape index (κ1) is 15.8. The van der Waals surface area contributed by atoms with Gasteiger partial charge < -0.3 is 19.9 Å². The summed E-state index contributed by atoms with van der Waals surface area (Å²) < 4.78 is 10.7. The number of hydrogen-bond donors (Lipinski definition) is 2. The van der Waals surface area contributed by atoms with E-state index in [1.54, 1.807) is 0 Å². The minimum Gasteiger partial charge on any atom is -0.483 e. The van der Waals surface area contributed by atoms with E-state index in [1.165, 1.54) is 0 Å². The summed E-state index contributed by atoms with van der Waals surface area (Å²) in [5.74, 6) is 0.491. The van der Waals surface area contributed by atoms with Crippen LogP contribution in [0.3, 0.4) is 0 Å². The molecular weight excluding hydrogens is 270 g/mol. The fourth-order valence-electron chi connectivity index (χ4n) is 2.27. The molecule has 2 rings (SSSR count). The van der Waals surface area contributed by atoms with E-state index in [0.29, 0.717) is 26.1 Å². The Morgan fingerprint density at radius 3 is 2.81 bits per heavy atom. The highest BCUT2D eigenvalue weighted by Gasteiger charge is 2.30. The van der Waals surface area contributed by atoms with E-state index in [2.05, 4.69) is 5.32 Å². The van der Waals surface area contributed by atoms with Crippen LogP contribution in [0, 0.1) is 13.8 Å². The molecule has 0 aromatic heterocycles. The molecule has 1 aromatic carbocycles. The summed E-state index contributed by atoms with van der Waals surface area (Å²) in [4.78, 5) is 11.8. The molecule has 21 heavy (non-hydrogen) atoms. The summed E-state index contributed by atoms with van der Waals surface area (Å²) in [7, 11) is 0. The molecule has 1 saturated heterocycles. The molecule has 0 spiro atoms. The zero-order chi connectivity index (χ0) is 15.3. The number of ether oxygens (including phenoxy) is 2. The lowest BCUT2D eigenvalue weighted by Crippen LogP contribution is -2.47. The molecule has 2 N–H and O–H groups in total. The summed E-state index contributed by atoms with van der Waals surface area (Å²) in [5.41, 5.74) is 1.31. The van der Waals surface area contributed by atoms with Gasteiger partial charge >= 0.3 is 0 Å². The van der Waals surface area contributed by atoms with E-state index in [-0.39, 0.29) is 19.1 Å². The maximum Gasteiger partial charge on any atom is 0.258 e. The van der Waals surface area contributed by atoms with E-state index in [0.717, 1.165) is 16.9 Å². The highest BCUT2D eigenvalue weighted by atomic mass is 16.5. The normalized spacial score (nSPS) is 17.3. The lowest BCUT2D eigenvalue weighted by Gasteiger charge is -2.32. The standard InChI is InChI=1S/C16H23NO4/c1-12-4-3-5-14(13(12)2)21-10-15(18)17-11-16(19)6-8-20-9-7-16/h3-5,19H,6-11H2,1-2H3,(H,17,18). The number of aliphatic hydroxyl groups is 1. The van der Waals surface area contributed by atoms with Crippen LogP contribution < -0.4 is 10.1 Å². The van der Waals surface area contributed by atoms with Gasteiger partial charge in [0.1, 0.15) is 5.75 Å². The third-order valence-corrected chi connectivity index (χ3v) is 3.95. The van der Waals surface area contributed by atoms with E-state index < -0.39 is 5.60 Å². The smallest absolute Gasteiger partial charge is 0.258 e. The molecule has 0 aliphatic carbocycles. The topological polar surface area (TPSA) is 67.8 Å². The van der Waals surface area contributed by atoms with Crippen LogP contribution >= 0.6 is 0 Å². The largest absolute Gasteiger partial charge is 0.483 e. The summed E-state index contributed by atoms with van der Waals surface area (Å²) in [6, 6.07) is 5.75. The van der Waals surface area contributed by atoms with Gasteiger partial charge in [-0.3, -0.25) is 4.79 Å². The van der Waals surface area contributed by atoms with Crippen molar-refractivity contribution >= 4 is 5.91 Å². The average molecular weight is 293 g/mol. The van der Waals surface area contributed by atoms with Gasteiger partial charge in [0, 0.05) is 32.6 Å². The first-order valence-corrected chi connectivity index (χ1v) is 7.26. The molecule has 1 aromatic rings. The van der Waals surface area contributed by atoms with Crippen molar-refractivity contribution in [1.82, 2.24) is 5.32 Å². The monoisotopic (exact) mass is 293 g/mol. The molecule has 0 unspecified atom stereocenters. The molecule has 1 aliphatic rings. The highest BCUT2D eigenvalue weighted by Crippen LogP contribution is 2.21. The predicted molar refractivity (Wildman–Crippen MR) is 79.4 cm³/mol. The van der Waals surface area contributed by atoms with Gasteiger partial charge in [-0.25, -0.2) is 0 Å². The first-order valence-electron chi connectivity index (χ1n) is 7.26. The van der Waals surface area contributed by atoms with Gasteiger partial charge in [-0.2, -0.15) is 0 Å². The first-order chi connectivity index (χ1) is 10.0. The van der Waals surface area contributed by atoms with Gasteiger partial charge in [0.2, 0.25) is 0 Å². The van der Waals surface area contributed by atoms with E-state index in [4.69, 9.17) is 9.47 Å². The number of benzene rings is 1. The summed E-state index contributed by atoms with van der Waals surface area (Å²) in [5, 5.41) is 13.0. The lowest BCUT2D eigenvalue weighted by molar-refractivity contribution is -0.125. The van der Waals surface area contributed by atoms with E-state index in [9.17, 15) is 9.90 Å². The molecule has 1 amide bonds. The van der Waals surface area contributed by atoms with Crippen LogP contribution in [0.25, 0.3) is 0 Å². The Bertz CT molecular complexity index is 495. The number of nitrogens with one attached hydrogen (secondary N) is 1. The van der Waals surface area contributed by atoms with Gasteiger partial charge in [-0.05, 0) is 31.0 Å². The van der Waals surface area contributed by atoms with Crippen LogP contribution in [0.1, 0.15) is 24.0 Å². The fourth-order valence-corrected chi connectivity index (χ4v) is 2.27. The fraction of sp³-hybridized carbons (Fsp3) is 0.562. The lowest BCUT2D eigenvalue weighted by atomic mass is 9.94. The van der Waals surface area contributed by atoms with Crippen LogP contribution in [0.5, 0.6) is 5.75 Å². The molecule has 0 radical (unpaired) electrons. The maximum atomic E-state index is 11.8. The summed E-state index contributed by atoms with van der Waals surface area (Å²) in [6.45, 7) is 5.23. The second-order valence-electron chi connectivity index (χ2n) is 5.60. The van der Waals surface area contributed by atoms with Crippen molar-refractivity contribution in [2.75, 3.05) is 26.4 Å². The third kappa shape index (κ3) is 4.44. The molecule has 5 heteroatoms. The van der Waals surface area contributed by atoms with Crippen LogP contribution in [-0.2, 0) is 9.53 Å². The SMILES string of the molecule is Cc1cccc(OCC(=O)NCC2(O)CCOCC2)c1C. The van der Waals surface area contributed by atoms with Crippen molar-refractivity contribution in [2.45, 2.75) is 32.3 Å². The highest BCUT2D eigenvalue weighted by molar-refractivity contribution is 5.77. The molecule has 1 fully saturated rings.